The van der Waals surface area contributed by atoms with Gasteiger partial charge in [-0.15, -0.1) is 0 Å². The maximum atomic E-state index is 11.9. The Bertz CT molecular complexity index is 377. The van der Waals surface area contributed by atoms with Gasteiger partial charge in [-0.25, -0.2) is 0 Å². The topological polar surface area (TPSA) is 41.6 Å². The molecule has 0 aliphatic heterocycles. The average Bonchev–Trinajstić information content (AvgIpc) is 2.51. The van der Waals surface area contributed by atoms with E-state index in [4.69, 9.17) is 4.74 Å². The summed E-state index contributed by atoms with van der Waals surface area (Å²) in [6, 6.07) is 9.77. The van der Waals surface area contributed by atoms with E-state index >= 15 is 0 Å². The van der Waals surface area contributed by atoms with Gasteiger partial charge in [0.25, 0.3) is 0 Å². The van der Waals surface area contributed by atoms with Crippen LogP contribution in [0.5, 0.6) is 0 Å². The van der Waals surface area contributed by atoms with Gasteiger partial charge >= 0.3 is 5.97 Å². The van der Waals surface area contributed by atoms with Crippen LogP contribution < -0.4 is 5.32 Å². The number of carbonyl (C=O) groups is 1. The number of nitrogens with one attached hydrogen (secondary N) is 1. The normalized spacial score (nSPS) is 12.4. The lowest BCUT2D eigenvalue weighted by molar-refractivity contribution is -0.142. The summed E-state index contributed by atoms with van der Waals surface area (Å²) in [6.45, 7) is 8.90. The number of nitrogens with zero attached hydrogens (tertiary/aromatic N) is 1. The van der Waals surface area contributed by atoms with E-state index in [-0.39, 0.29) is 11.9 Å². The Balaban J connectivity index is 2.49. The van der Waals surface area contributed by atoms with Crippen LogP contribution >= 0.6 is 0 Å². The molecule has 0 amide bonds. The third-order valence-electron chi connectivity index (χ3n) is 3.54. The predicted molar refractivity (Wildman–Crippen MR) is 81.9 cm³/mol. The summed E-state index contributed by atoms with van der Waals surface area (Å²) in [7, 11) is 1.44. The standard InChI is InChI=1S/C16H26N2O2/c1-4-18(5-2)12-11-17-13-15(16(19)20-3)14-9-7-6-8-10-14/h6-10,15,17H,4-5,11-13H2,1-3H3. The minimum atomic E-state index is -0.238. The molecule has 4 nitrogen and oxygen atoms in total. The summed E-state index contributed by atoms with van der Waals surface area (Å²) < 4.78 is 4.90. The maximum absolute atomic E-state index is 11.9. The molecule has 1 N–H and O–H groups in total. The second kappa shape index (κ2) is 9.50. The zero-order valence-electron chi connectivity index (χ0n) is 12.8. The maximum Gasteiger partial charge on any atom is 0.314 e. The molecule has 0 aliphatic carbocycles. The molecule has 20 heavy (non-hydrogen) atoms. The smallest absolute Gasteiger partial charge is 0.314 e. The van der Waals surface area contributed by atoms with E-state index in [2.05, 4.69) is 24.1 Å². The number of rotatable bonds is 9. The Hall–Kier alpha value is -1.39. The van der Waals surface area contributed by atoms with Gasteiger partial charge in [-0.3, -0.25) is 4.79 Å². The summed E-state index contributed by atoms with van der Waals surface area (Å²) in [5.41, 5.74) is 0.995. The van der Waals surface area contributed by atoms with E-state index in [9.17, 15) is 4.79 Å². The third-order valence-corrected chi connectivity index (χ3v) is 3.54. The van der Waals surface area contributed by atoms with Gasteiger partial charge in [0.15, 0.2) is 0 Å². The highest BCUT2D eigenvalue weighted by molar-refractivity contribution is 5.78. The van der Waals surface area contributed by atoms with Gasteiger partial charge in [0.05, 0.1) is 13.0 Å². The van der Waals surface area contributed by atoms with Crippen LogP contribution in [-0.4, -0.2) is 50.7 Å². The van der Waals surface area contributed by atoms with Crippen LogP contribution in [0.15, 0.2) is 30.3 Å². The predicted octanol–water partition coefficient (Wildman–Crippen LogP) is 1.87. The molecular formula is C16H26N2O2. The highest BCUT2D eigenvalue weighted by Crippen LogP contribution is 2.16. The molecule has 4 heteroatoms. The van der Waals surface area contributed by atoms with Crippen molar-refractivity contribution in [2.75, 3.05) is 39.8 Å². The lowest BCUT2D eigenvalue weighted by Crippen LogP contribution is -2.35. The Morgan fingerprint density at radius 2 is 1.90 bits per heavy atom. The van der Waals surface area contributed by atoms with Gasteiger partial charge in [-0.05, 0) is 18.7 Å². The molecule has 112 valence electrons. The molecule has 0 spiro atoms. The van der Waals surface area contributed by atoms with Gasteiger partial charge in [-0.2, -0.15) is 0 Å². The van der Waals surface area contributed by atoms with Gasteiger partial charge < -0.3 is 15.0 Å². The van der Waals surface area contributed by atoms with Crippen molar-refractivity contribution in [2.45, 2.75) is 19.8 Å². The molecule has 0 saturated carbocycles. The van der Waals surface area contributed by atoms with Crippen LogP contribution in [0.2, 0.25) is 0 Å². The van der Waals surface area contributed by atoms with Crippen molar-refractivity contribution in [1.29, 1.82) is 0 Å². The van der Waals surface area contributed by atoms with Crippen molar-refractivity contribution < 1.29 is 9.53 Å². The van der Waals surface area contributed by atoms with E-state index in [1.165, 1.54) is 7.11 Å². The van der Waals surface area contributed by atoms with Gasteiger partial charge in [0.1, 0.15) is 0 Å². The van der Waals surface area contributed by atoms with Crippen LogP contribution in [0, 0.1) is 0 Å². The van der Waals surface area contributed by atoms with Crippen molar-refractivity contribution in [2.24, 2.45) is 0 Å². The Morgan fingerprint density at radius 3 is 2.45 bits per heavy atom. The van der Waals surface area contributed by atoms with Gasteiger partial charge in [-0.1, -0.05) is 44.2 Å². The lowest BCUT2D eigenvalue weighted by Gasteiger charge is -2.20. The molecule has 0 aliphatic rings. The number of methoxy groups -OCH3 is 1. The summed E-state index contributed by atoms with van der Waals surface area (Å²) in [5.74, 6) is -0.426. The fourth-order valence-electron chi connectivity index (χ4n) is 2.19. The van der Waals surface area contributed by atoms with Crippen LogP contribution in [0.1, 0.15) is 25.3 Å². The molecule has 0 radical (unpaired) electrons. The van der Waals surface area contributed by atoms with E-state index in [0.717, 1.165) is 31.7 Å². The van der Waals surface area contributed by atoms with Crippen LogP contribution in [-0.2, 0) is 9.53 Å². The van der Waals surface area contributed by atoms with Crippen molar-refractivity contribution in [3.63, 3.8) is 0 Å². The molecular weight excluding hydrogens is 252 g/mol. The number of hydrogen-bond acceptors (Lipinski definition) is 4. The molecule has 0 saturated heterocycles. The van der Waals surface area contributed by atoms with E-state index < -0.39 is 0 Å². The van der Waals surface area contributed by atoms with Gasteiger partial charge in [0.2, 0.25) is 0 Å². The van der Waals surface area contributed by atoms with E-state index in [0.29, 0.717) is 6.54 Å². The molecule has 1 atom stereocenters. The second-order valence-corrected chi connectivity index (χ2v) is 4.72. The van der Waals surface area contributed by atoms with E-state index in [1.54, 1.807) is 0 Å². The lowest BCUT2D eigenvalue weighted by atomic mass is 9.99. The highest BCUT2D eigenvalue weighted by Gasteiger charge is 2.20. The number of benzene rings is 1. The first-order chi connectivity index (χ1) is 9.72. The highest BCUT2D eigenvalue weighted by atomic mass is 16.5. The quantitative estimate of drug-likeness (QED) is 0.553. The molecule has 1 rings (SSSR count). The van der Waals surface area contributed by atoms with E-state index in [1.807, 2.05) is 30.3 Å². The molecule has 0 fully saturated rings. The molecule has 1 aromatic carbocycles. The van der Waals surface area contributed by atoms with Crippen LogP contribution in [0.3, 0.4) is 0 Å². The minimum absolute atomic E-state index is 0.188. The number of likely N-dealkylation sites (N-methyl/N-ethyl adjacent to an activating group) is 1. The first kappa shape index (κ1) is 16.7. The minimum Gasteiger partial charge on any atom is -0.469 e. The third kappa shape index (κ3) is 5.31. The first-order valence-electron chi connectivity index (χ1n) is 7.28. The monoisotopic (exact) mass is 278 g/mol. The molecule has 1 aromatic rings. The van der Waals surface area contributed by atoms with Crippen LogP contribution in [0.25, 0.3) is 0 Å². The summed E-state index contributed by atoms with van der Waals surface area (Å²) >= 11 is 0. The number of esters is 1. The fourth-order valence-corrected chi connectivity index (χ4v) is 2.19. The van der Waals surface area contributed by atoms with Crippen LogP contribution in [0.4, 0.5) is 0 Å². The average molecular weight is 278 g/mol. The zero-order chi connectivity index (χ0) is 14.8. The molecule has 1 unspecified atom stereocenters. The molecule has 0 heterocycles. The van der Waals surface area contributed by atoms with Crippen molar-refractivity contribution >= 4 is 5.97 Å². The van der Waals surface area contributed by atoms with Gasteiger partial charge in [0, 0.05) is 19.6 Å². The molecule has 0 bridgehead atoms. The Morgan fingerprint density at radius 1 is 1.25 bits per heavy atom. The number of hydrogen-bond donors (Lipinski definition) is 1. The summed E-state index contributed by atoms with van der Waals surface area (Å²) in [5, 5.41) is 3.36. The zero-order valence-corrected chi connectivity index (χ0v) is 12.8. The number of ether oxygens (including phenoxy) is 1. The van der Waals surface area contributed by atoms with Crippen molar-refractivity contribution in [3.05, 3.63) is 35.9 Å². The Kier molecular flexibility index (Phi) is 7.92. The largest absolute Gasteiger partial charge is 0.469 e. The summed E-state index contributed by atoms with van der Waals surface area (Å²) in [4.78, 5) is 14.2. The SMILES string of the molecule is CCN(CC)CCNCC(C(=O)OC)c1ccccc1. The fraction of sp³-hybridized carbons (Fsp3) is 0.562. The summed E-state index contributed by atoms with van der Waals surface area (Å²) in [6.07, 6.45) is 0. The number of carbonyl (C=O) groups excluding carboxylic acids is 1. The second-order valence-electron chi connectivity index (χ2n) is 4.72. The van der Waals surface area contributed by atoms with Crippen molar-refractivity contribution in [1.82, 2.24) is 10.2 Å². The molecule has 0 aromatic heterocycles. The van der Waals surface area contributed by atoms with Crippen molar-refractivity contribution in [3.8, 4) is 0 Å². The first-order valence-corrected chi connectivity index (χ1v) is 7.28. The Labute approximate surface area is 122 Å².